The molecule has 0 fully saturated rings. The van der Waals surface area contributed by atoms with E-state index >= 15 is 0 Å². The summed E-state index contributed by atoms with van der Waals surface area (Å²) < 4.78 is 0. The minimum absolute atomic E-state index is 0.931. The van der Waals surface area contributed by atoms with E-state index in [2.05, 4.69) is 194 Å². The second-order valence-electron chi connectivity index (χ2n) is 15.3. The molecule has 58 heavy (non-hydrogen) atoms. The Bertz CT molecular complexity index is 3530. The van der Waals surface area contributed by atoms with Gasteiger partial charge in [0.05, 0.1) is 16.7 Å². The molecule has 0 saturated carbocycles. The zero-order valence-electron chi connectivity index (χ0n) is 31.5. The standard InChI is InChI=1S/C56H34N2/c1-2-11-35(12-3-1)36-20-22-37(23-21-36)53-46-16-6-8-18-48(46)54(49-19-9-7-17-47(49)53)41-27-30-45-44-29-26-40(33-50(44)42-14-4-5-15-43(42)51(45)34-41)52-31-28-39-25-24-38-13-10-32-57-55(38)56(39)58-52/h1-34H. The first-order valence-corrected chi connectivity index (χ1v) is 19.9. The molecule has 12 rings (SSSR count). The molecule has 0 amide bonds. The van der Waals surface area contributed by atoms with Crippen molar-refractivity contribution >= 4 is 75.7 Å². The molecule has 2 aromatic heterocycles. The van der Waals surface area contributed by atoms with Gasteiger partial charge in [0.25, 0.3) is 0 Å². The molecule has 0 saturated heterocycles. The fourth-order valence-corrected chi connectivity index (χ4v) is 9.37. The minimum atomic E-state index is 0.931. The van der Waals surface area contributed by atoms with Crippen LogP contribution in [0.3, 0.4) is 0 Å². The third kappa shape index (κ3) is 5.05. The number of rotatable bonds is 4. The van der Waals surface area contributed by atoms with E-state index in [4.69, 9.17) is 9.97 Å². The molecule has 0 bridgehead atoms. The van der Waals surface area contributed by atoms with Crippen LogP contribution in [0.5, 0.6) is 0 Å². The van der Waals surface area contributed by atoms with E-state index in [-0.39, 0.29) is 0 Å². The van der Waals surface area contributed by atoms with Gasteiger partial charge >= 0.3 is 0 Å². The van der Waals surface area contributed by atoms with E-state index in [1.807, 2.05) is 12.3 Å². The average molecular weight is 735 g/mol. The van der Waals surface area contributed by atoms with Crippen molar-refractivity contribution in [3.05, 3.63) is 206 Å². The normalized spacial score (nSPS) is 11.8. The van der Waals surface area contributed by atoms with Gasteiger partial charge in [0.1, 0.15) is 0 Å². The lowest BCUT2D eigenvalue weighted by atomic mass is 9.84. The van der Waals surface area contributed by atoms with Crippen molar-refractivity contribution < 1.29 is 0 Å². The molecule has 0 aliphatic carbocycles. The highest BCUT2D eigenvalue weighted by Gasteiger charge is 2.18. The molecular weight excluding hydrogens is 701 g/mol. The summed E-state index contributed by atoms with van der Waals surface area (Å²) in [5.41, 5.74) is 11.3. The Morgan fingerprint density at radius 3 is 1.34 bits per heavy atom. The SMILES string of the molecule is c1ccc(-c2ccc(-c3c4ccccc4c(-c4ccc5c6ccc(-c7ccc8ccc9cccnc9c8n7)cc6c6ccccc6c5c4)c4ccccc34)cc2)cc1. The summed E-state index contributed by atoms with van der Waals surface area (Å²) >= 11 is 0. The lowest BCUT2D eigenvalue weighted by Gasteiger charge is -2.19. The summed E-state index contributed by atoms with van der Waals surface area (Å²) in [4.78, 5) is 9.90. The quantitative estimate of drug-likeness (QED) is 0.133. The fraction of sp³-hybridized carbons (Fsp3) is 0. The number of benzene rings is 10. The predicted molar refractivity (Wildman–Crippen MR) is 246 cm³/mol. The monoisotopic (exact) mass is 734 g/mol. The highest BCUT2D eigenvalue weighted by atomic mass is 14.7. The van der Waals surface area contributed by atoms with Gasteiger partial charge in [0.15, 0.2) is 0 Å². The smallest absolute Gasteiger partial charge is 0.0972 e. The number of pyridine rings is 2. The molecule has 0 unspecified atom stereocenters. The summed E-state index contributed by atoms with van der Waals surface area (Å²) in [7, 11) is 0. The van der Waals surface area contributed by atoms with Crippen LogP contribution in [0.1, 0.15) is 0 Å². The molecule has 268 valence electrons. The highest BCUT2D eigenvalue weighted by molar-refractivity contribution is 6.27. The lowest BCUT2D eigenvalue weighted by molar-refractivity contribution is 1.37. The van der Waals surface area contributed by atoms with Crippen LogP contribution in [0.4, 0.5) is 0 Å². The Morgan fingerprint density at radius 2 is 0.707 bits per heavy atom. The van der Waals surface area contributed by atoms with E-state index in [0.29, 0.717) is 0 Å². The van der Waals surface area contributed by atoms with Gasteiger partial charge in [-0.1, -0.05) is 176 Å². The van der Waals surface area contributed by atoms with E-state index in [0.717, 1.165) is 33.1 Å². The number of aromatic nitrogens is 2. The van der Waals surface area contributed by atoms with E-state index in [1.165, 1.54) is 87.2 Å². The lowest BCUT2D eigenvalue weighted by Crippen LogP contribution is -1.92. The third-order valence-electron chi connectivity index (χ3n) is 12.1. The fourth-order valence-electron chi connectivity index (χ4n) is 9.37. The van der Waals surface area contributed by atoms with Crippen LogP contribution in [-0.4, -0.2) is 9.97 Å². The van der Waals surface area contributed by atoms with Crippen molar-refractivity contribution in [2.75, 3.05) is 0 Å². The first-order chi connectivity index (χ1) is 28.8. The van der Waals surface area contributed by atoms with Crippen molar-refractivity contribution in [1.82, 2.24) is 9.97 Å². The van der Waals surface area contributed by atoms with Crippen molar-refractivity contribution in [1.29, 1.82) is 0 Å². The van der Waals surface area contributed by atoms with Gasteiger partial charge in [0, 0.05) is 22.5 Å². The largest absolute Gasteiger partial charge is 0.254 e. The van der Waals surface area contributed by atoms with Crippen LogP contribution in [0.15, 0.2) is 206 Å². The molecule has 0 N–H and O–H groups in total. The van der Waals surface area contributed by atoms with Gasteiger partial charge in [-0.15, -0.1) is 0 Å². The molecule has 0 aliphatic rings. The Balaban J connectivity index is 1.04. The van der Waals surface area contributed by atoms with Crippen molar-refractivity contribution in [3.8, 4) is 44.6 Å². The first-order valence-electron chi connectivity index (χ1n) is 19.9. The minimum Gasteiger partial charge on any atom is -0.254 e. The summed E-state index contributed by atoms with van der Waals surface area (Å²) in [6, 6.07) is 72.9. The topological polar surface area (TPSA) is 25.8 Å². The van der Waals surface area contributed by atoms with Crippen LogP contribution in [0, 0.1) is 0 Å². The zero-order chi connectivity index (χ0) is 38.2. The number of hydrogen-bond acceptors (Lipinski definition) is 2. The summed E-state index contributed by atoms with van der Waals surface area (Å²) in [5.74, 6) is 0. The predicted octanol–water partition coefficient (Wildman–Crippen LogP) is 15.2. The molecule has 12 aromatic rings. The van der Waals surface area contributed by atoms with Crippen molar-refractivity contribution in [3.63, 3.8) is 0 Å². The molecule has 10 aromatic carbocycles. The average Bonchev–Trinajstić information content (AvgIpc) is 3.30. The van der Waals surface area contributed by atoms with Gasteiger partial charge in [-0.05, 0) is 112 Å². The molecule has 2 nitrogen and oxygen atoms in total. The van der Waals surface area contributed by atoms with Crippen molar-refractivity contribution in [2.45, 2.75) is 0 Å². The molecule has 2 heteroatoms. The number of hydrogen-bond donors (Lipinski definition) is 0. The Morgan fingerprint density at radius 1 is 0.259 bits per heavy atom. The molecule has 0 radical (unpaired) electrons. The van der Waals surface area contributed by atoms with Crippen molar-refractivity contribution in [2.24, 2.45) is 0 Å². The third-order valence-corrected chi connectivity index (χ3v) is 12.1. The molecular formula is C56H34N2. The molecule has 2 heterocycles. The zero-order valence-corrected chi connectivity index (χ0v) is 31.5. The van der Waals surface area contributed by atoms with Gasteiger partial charge in [0.2, 0.25) is 0 Å². The highest BCUT2D eigenvalue weighted by Crippen LogP contribution is 2.46. The van der Waals surface area contributed by atoms with E-state index in [1.54, 1.807) is 0 Å². The Kier molecular flexibility index (Phi) is 7.26. The summed E-state index contributed by atoms with van der Waals surface area (Å²) in [6.07, 6.45) is 1.85. The van der Waals surface area contributed by atoms with Gasteiger partial charge in [-0.3, -0.25) is 4.98 Å². The van der Waals surface area contributed by atoms with E-state index in [9.17, 15) is 0 Å². The Hall–Kier alpha value is -7.68. The summed E-state index contributed by atoms with van der Waals surface area (Å²) in [6.45, 7) is 0. The second kappa shape index (κ2) is 12.9. The molecule has 0 atom stereocenters. The first kappa shape index (κ1) is 32.6. The van der Waals surface area contributed by atoms with Crippen LogP contribution in [0.25, 0.3) is 120 Å². The van der Waals surface area contributed by atoms with Gasteiger partial charge in [-0.2, -0.15) is 0 Å². The van der Waals surface area contributed by atoms with Crippen LogP contribution < -0.4 is 0 Å². The maximum absolute atomic E-state index is 5.20. The maximum atomic E-state index is 5.20. The summed E-state index contributed by atoms with van der Waals surface area (Å²) in [5, 5.41) is 14.7. The van der Waals surface area contributed by atoms with Gasteiger partial charge < -0.3 is 0 Å². The van der Waals surface area contributed by atoms with Crippen LogP contribution >= 0.6 is 0 Å². The molecule has 0 aliphatic heterocycles. The number of nitrogens with zero attached hydrogens (tertiary/aromatic N) is 2. The Labute approximate surface area is 335 Å². The van der Waals surface area contributed by atoms with Gasteiger partial charge in [-0.25, -0.2) is 4.98 Å². The second-order valence-corrected chi connectivity index (χ2v) is 15.3. The van der Waals surface area contributed by atoms with Crippen LogP contribution in [0.2, 0.25) is 0 Å². The molecule has 0 spiro atoms. The number of fused-ring (bicyclic) bond motifs is 11. The van der Waals surface area contributed by atoms with E-state index < -0.39 is 0 Å². The van der Waals surface area contributed by atoms with Crippen LogP contribution in [-0.2, 0) is 0 Å². The maximum Gasteiger partial charge on any atom is 0.0972 e.